The Labute approximate surface area is 104 Å². The molecule has 2 rings (SSSR count). The quantitative estimate of drug-likeness (QED) is 0.466. The molecule has 1 aliphatic carbocycles. The van der Waals surface area contributed by atoms with Crippen LogP contribution in [0.15, 0.2) is 12.2 Å². The minimum atomic E-state index is 0.0693. The largest absolute Gasteiger partial charge is 0.396 e. The Morgan fingerprint density at radius 1 is 1.41 bits per heavy atom. The zero-order valence-corrected chi connectivity index (χ0v) is 9.85. The summed E-state index contributed by atoms with van der Waals surface area (Å²) in [6, 6.07) is 0.0693. The monoisotopic (exact) mass is 255 g/mol. The smallest absolute Gasteiger partial charge is 0.223 e. The van der Waals surface area contributed by atoms with Crippen LogP contribution in [0.5, 0.6) is 0 Å². The van der Waals surface area contributed by atoms with Gasteiger partial charge in [0.05, 0.1) is 0 Å². The van der Waals surface area contributed by atoms with Crippen LogP contribution in [0.2, 0.25) is 5.15 Å². The third-order valence-electron chi connectivity index (χ3n) is 2.65. The Balaban J connectivity index is 2.12. The first-order chi connectivity index (χ1) is 8.10. The first kappa shape index (κ1) is 11.9. The van der Waals surface area contributed by atoms with Gasteiger partial charge < -0.3 is 21.9 Å². The van der Waals surface area contributed by atoms with Gasteiger partial charge >= 0.3 is 0 Å². The Hall–Kier alpha value is -1.53. The van der Waals surface area contributed by atoms with E-state index in [1.807, 2.05) is 12.2 Å². The molecule has 0 saturated carbocycles. The van der Waals surface area contributed by atoms with Crippen LogP contribution in [0.3, 0.4) is 0 Å². The number of nitrogen functional groups attached to an aromatic ring is 2. The number of aromatic nitrogens is 2. The molecule has 0 unspecified atom stereocenters. The molecule has 6 N–H and O–H groups in total. The maximum Gasteiger partial charge on any atom is 0.223 e. The molecular formula is C10H14ClN5O. The lowest BCUT2D eigenvalue weighted by molar-refractivity contribution is 0.250. The van der Waals surface area contributed by atoms with Gasteiger partial charge in [0.25, 0.3) is 0 Å². The summed E-state index contributed by atoms with van der Waals surface area (Å²) in [4.78, 5) is 7.75. The van der Waals surface area contributed by atoms with Crippen molar-refractivity contribution in [2.24, 2.45) is 5.92 Å². The molecule has 0 aromatic carbocycles. The number of nitrogens with zero attached hydrogens (tertiary/aromatic N) is 2. The molecule has 0 aliphatic heterocycles. The lowest BCUT2D eigenvalue weighted by Crippen LogP contribution is -2.19. The molecule has 1 aromatic heterocycles. The SMILES string of the molecule is Nc1nc(Cl)c(N)c(N[C@@H]2C=C[C@H](CO)C2)n1. The van der Waals surface area contributed by atoms with Gasteiger partial charge in [0.2, 0.25) is 5.95 Å². The Morgan fingerprint density at radius 2 is 2.18 bits per heavy atom. The normalized spacial score (nSPS) is 22.9. The third-order valence-corrected chi connectivity index (χ3v) is 2.93. The molecule has 17 heavy (non-hydrogen) atoms. The lowest BCUT2D eigenvalue weighted by Gasteiger charge is -2.15. The van der Waals surface area contributed by atoms with Crippen molar-refractivity contribution in [1.82, 2.24) is 9.97 Å². The van der Waals surface area contributed by atoms with Gasteiger partial charge in [-0.3, -0.25) is 0 Å². The molecule has 1 heterocycles. The minimum absolute atomic E-state index is 0.0693. The average Bonchev–Trinajstić information content (AvgIpc) is 2.73. The van der Waals surface area contributed by atoms with E-state index in [4.69, 9.17) is 28.2 Å². The summed E-state index contributed by atoms with van der Waals surface area (Å²) in [5, 5.41) is 12.3. The fourth-order valence-electron chi connectivity index (χ4n) is 1.76. The first-order valence-corrected chi connectivity index (χ1v) is 5.62. The van der Waals surface area contributed by atoms with Gasteiger partial charge in [-0.25, -0.2) is 0 Å². The van der Waals surface area contributed by atoms with Crippen LogP contribution in [0, 0.1) is 5.92 Å². The van der Waals surface area contributed by atoms with E-state index >= 15 is 0 Å². The van der Waals surface area contributed by atoms with Crippen molar-refractivity contribution in [2.75, 3.05) is 23.4 Å². The van der Waals surface area contributed by atoms with Crippen molar-refractivity contribution in [2.45, 2.75) is 12.5 Å². The van der Waals surface area contributed by atoms with Gasteiger partial charge in [0.15, 0.2) is 11.0 Å². The van der Waals surface area contributed by atoms with Crippen molar-refractivity contribution in [1.29, 1.82) is 0 Å². The van der Waals surface area contributed by atoms with Crippen LogP contribution in [-0.2, 0) is 0 Å². The molecule has 2 atom stereocenters. The van der Waals surface area contributed by atoms with Crippen molar-refractivity contribution in [3.8, 4) is 0 Å². The van der Waals surface area contributed by atoms with Gasteiger partial charge in [-0.15, -0.1) is 0 Å². The summed E-state index contributed by atoms with van der Waals surface area (Å²) in [6.07, 6.45) is 4.71. The summed E-state index contributed by atoms with van der Waals surface area (Å²) in [6.45, 7) is 0.136. The summed E-state index contributed by atoms with van der Waals surface area (Å²) in [5.41, 5.74) is 11.5. The number of aliphatic hydroxyl groups is 1. The Morgan fingerprint density at radius 3 is 2.82 bits per heavy atom. The molecule has 0 bridgehead atoms. The summed E-state index contributed by atoms with van der Waals surface area (Å²) in [7, 11) is 0. The van der Waals surface area contributed by atoms with E-state index in [1.54, 1.807) is 0 Å². The van der Waals surface area contributed by atoms with Crippen molar-refractivity contribution < 1.29 is 5.11 Å². The molecule has 0 radical (unpaired) electrons. The highest BCUT2D eigenvalue weighted by molar-refractivity contribution is 6.32. The lowest BCUT2D eigenvalue weighted by atomic mass is 10.1. The molecule has 0 amide bonds. The van der Waals surface area contributed by atoms with Crippen LogP contribution in [0.25, 0.3) is 0 Å². The van der Waals surface area contributed by atoms with Crippen molar-refractivity contribution in [3.05, 3.63) is 17.3 Å². The van der Waals surface area contributed by atoms with E-state index < -0.39 is 0 Å². The number of hydrogen-bond acceptors (Lipinski definition) is 6. The number of nitrogens with two attached hydrogens (primary N) is 2. The molecule has 1 aromatic rings. The second-order valence-corrected chi connectivity index (χ2v) is 4.31. The highest BCUT2D eigenvalue weighted by atomic mass is 35.5. The Bertz CT molecular complexity index is 451. The van der Waals surface area contributed by atoms with Crippen LogP contribution >= 0.6 is 11.6 Å². The second kappa shape index (κ2) is 4.77. The predicted octanol–water partition coefficient (Wildman–Crippen LogP) is 0.643. The standard InChI is InChI=1S/C10H14ClN5O/c11-8-7(12)9(16-10(13)15-8)14-6-2-1-5(3-6)4-17/h1-2,5-6,17H,3-4,12H2,(H3,13,14,15,16)/t5-,6+/m0/s1. The van der Waals surface area contributed by atoms with Gasteiger partial charge in [-0.2, -0.15) is 9.97 Å². The first-order valence-electron chi connectivity index (χ1n) is 5.24. The van der Waals surface area contributed by atoms with E-state index in [1.165, 1.54) is 0 Å². The van der Waals surface area contributed by atoms with E-state index in [-0.39, 0.29) is 35.4 Å². The predicted molar refractivity (Wildman–Crippen MR) is 67.6 cm³/mol. The number of anilines is 3. The van der Waals surface area contributed by atoms with Crippen LogP contribution in [-0.4, -0.2) is 27.7 Å². The fourth-order valence-corrected chi connectivity index (χ4v) is 1.94. The molecule has 92 valence electrons. The number of aliphatic hydroxyl groups excluding tert-OH is 1. The summed E-state index contributed by atoms with van der Waals surface area (Å²) in [5.74, 6) is 0.673. The molecule has 0 spiro atoms. The number of rotatable bonds is 3. The highest BCUT2D eigenvalue weighted by Crippen LogP contribution is 2.27. The van der Waals surface area contributed by atoms with Crippen LogP contribution in [0.4, 0.5) is 17.5 Å². The molecule has 0 saturated heterocycles. The average molecular weight is 256 g/mol. The van der Waals surface area contributed by atoms with Gasteiger partial charge in [0, 0.05) is 18.6 Å². The Kier molecular flexibility index (Phi) is 3.35. The summed E-state index contributed by atoms with van der Waals surface area (Å²) >= 11 is 5.81. The number of nitrogens with one attached hydrogen (secondary N) is 1. The van der Waals surface area contributed by atoms with Crippen molar-refractivity contribution in [3.63, 3.8) is 0 Å². The van der Waals surface area contributed by atoms with E-state index in [2.05, 4.69) is 15.3 Å². The van der Waals surface area contributed by atoms with Crippen molar-refractivity contribution >= 4 is 29.1 Å². The highest BCUT2D eigenvalue weighted by Gasteiger charge is 2.20. The maximum atomic E-state index is 9.02. The van der Waals surface area contributed by atoms with Crippen LogP contribution < -0.4 is 16.8 Å². The third kappa shape index (κ3) is 2.59. The number of halogens is 1. The topological polar surface area (TPSA) is 110 Å². The van der Waals surface area contributed by atoms with Gasteiger partial charge in [-0.05, 0) is 6.42 Å². The number of hydrogen-bond donors (Lipinski definition) is 4. The van der Waals surface area contributed by atoms with E-state index in [9.17, 15) is 0 Å². The zero-order chi connectivity index (χ0) is 12.4. The van der Waals surface area contributed by atoms with Gasteiger partial charge in [0.1, 0.15) is 5.69 Å². The van der Waals surface area contributed by atoms with E-state index in [0.29, 0.717) is 5.82 Å². The maximum absolute atomic E-state index is 9.02. The fraction of sp³-hybridized carbons (Fsp3) is 0.400. The molecule has 0 fully saturated rings. The second-order valence-electron chi connectivity index (χ2n) is 3.95. The van der Waals surface area contributed by atoms with Crippen LogP contribution in [0.1, 0.15) is 6.42 Å². The molecule has 7 heteroatoms. The van der Waals surface area contributed by atoms with E-state index in [0.717, 1.165) is 6.42 Å². The molecule has 6 nitrogen and oxygen atoms in total. The summed E-state index contributed by atoms with van der Waals surface area (Å²) < 4.78 is 0. The molecular weight excluding hydrogens is 242 g/mol. The zero-order valence-electron chi connectivity index (χ0n) is 9.10. The minimum Gasteiger partial charge on any atom is -0.396 e. The molecule has 1 aliphatic rings. The van der Waals surface area contributed by atoms with Gasteiger partial charge in [-0.1, -0.05) is 23.8 Å².